The minimum absolute atomic E-state index is 0.183. The van der Waals surface area contributed by atoms with E-state index >= 15 is 0 Å². The molecule has 0 bridgehead atoms. The van der Waals surface area contributed by atoms with Gasteiger partial charge in [-0.1, -0.05) is 42.5 Å². The normalized spacial score (nSPS) is 14.1. The Kier molecular flexibility index (Phi) is 7.18. The molecular weight excluding hydrogens is 429 g/mol. The lowest BCUT2D eigenvalue weighted by molar-refractivity contribution is 0.0923. The van der Waals surface area contributed by atoms with E-state index in [1.54, 1.807) is 12.3 Å². The maximum atomic E-state index is 12.8. The Labute approximate surface area is 198 Å². The van der Waals surface area contributed by atoms with Crippen LogP contribution in [-0.2, 0) is 0 Å². The first-order valence-electron chi connectivity index (χ1n) is 11.1. The second kappa shape index (κ2) is 10.6. The monoisotopic (exact) mass is 455 g/mol. The van der Waals surface area contributed by atoms with Gasteiger partial charge < -0.3 is 15.8 Å². The number of pyridine rings is 1. The zero-order chi connectivity index (χ0) is 23.9. The maximum Gasteiger partial charge on any atom is 0.251 e. The Morgan fingerprint density at radius 3 is 2.50 bits per heavy atom. The van der Waals surface area contributed by atoms with Crippen molar-refractivity contribution >= 4 is 11.6 Å². The van der Waals surface area contributed by atoms with E-state index in [4.69, 9.17) is 10.5 Å². The van der Waals surface area contributed by atoms with Gasteiger partial charge in [-0.05, 0) is 66.1 Å². The molecule has 34 heavy (non-hydrogen) atoms. The smallest absolute Gasteiger partial charge is 0.251 e. The van der Waals surface area contributed by atoms with Gasteiger partial charge in [0, 0.05) is 23.9 Å². The highest BCUT2D eigenvalue weighted by atomic mass is 19.1. The topological polar surface area (TPSA) is 77.2 Å². The van der Waals surface area contributed by atoms with Gasteiger partial charge >= 0.3 is 0 Å². The molecule has 0 aliphatic carbocycles. The number of aryl methyl sites for hydroxylation is 1. The molecule has 1 aromatic heterocycles. The number of carbonyl (C=O) groups is 1. The number of nitrogens with two attached hydrogens (primary N) is 1. The van der Waals surface area contributed by atoms with Gasteiger partial charge in [-0.2, -0.15) is 0 Å². The van der Waals surface area contributed by atoms with Gasteiger partial charge in [-0.3, -0.25) is 9.78 Å². The predicted molar refractivity (Wildman–Crippen MR) is 132 cm³/mol. The summed E-state index contributed by atoms with van der Waals surface area (Å²) in [6.45, 7) is 2.55. The number of ether oxygens (including phenoxy) is 1. The summed E-state index contributed by atoms with van der Waals surface area (Å²) in [5.74, 6) is 0.0938. The van der Waals surface area contributed by atoms with E-state index in [0.717, 1.165) is 16.9 Å². The molecule has 1 aliphatic heterocycles. The van der Waals surface area contributed by atoms with Crippen molar-refractivity contribution < 1.29 is 13.9 Å². The molecule has 1 unspecified atom stereocenters. The number of amides is 1. The molecule has 0 fully saturated rings. The standard InChI is InChI=1S/C15H13FN2O2.C13H13N/c16-11-5-3-10(4-6-11)15(19)18-12-7-9-20-13-2-1-8-17-14(12)13;1-10-7-8-12(9-13(10)14)11-5-3-2-4-6-11/h1-6,8,12H,7,9H2,(H,18,19);2-9H,14H2,1H3. The van der Waals surface area contributed by atoms with E-state index in [2.05, 4.69) is 34.6 Å². The molecule has 0 spiro atoms. The number of hydrogen-bond donors (Lipinski definition) is 2. The third kappa shape index (κ3) is 5.59. The summed E-state index contributed by atoms with van der Waals surface area (Å²) in [5.41, 5.74) is 11.4. The molecule has 172 valence electrons. The molecule has 0 saturated carbocycles. The number of fused-ring (bicyclic) bond motifs is 1. The zero-order valence-corrected chi connectivity index (χ0v) is 18.9. The summed E-state index contributed by atoms with van der Waals surface area (Å²) >= 11 is 0. The van der Waals surface area contributed by atoms with Crippen LogP contribution in [0.4, 0.5) is 10.1 Å². The number of aromatic nitrogens is 1. The fourth-order valence-electron chi connectivity index (χ4n) is 3.64. The molecule has 1 atom stereocenters. The Morgan fingerprint density at radius 2 is 1.76 bits per heavy atom. The number of nitrogens with zero attached hydrogens (tertiary/aromatic N) is 1. The molecule has 0 radical (unpaired) electrons. The summed E-state index contributed by atoms with van der Waals surface area (Å²) in [6.07, 6.45) is 2.33. The number of benzene rings is 3. The lowest BCUT2D eigenvalue weighted by atomic mass is 10.0. The van der Waals surface area contributed by atoms with Crippen LogP contribution in [0.5, 0.6) is 5.75 Å². The lowest BCUT2D eigenvalue weighted by Crippen LogP contribution is -2.32. The van der Waals surface area contributed by atoms with Crippen molar-refractivity contribution in [3.63, 3.8) is 0 Å². The molecule has 3 aromatic carbocycles. The van der Waals surface area contributed by atoms with Crippen molar-refractivity contribution in [2.75, 3.05) is 12.3 Å². The third-order valence-electron chi connectivity index (χ3n) is 5.59. The molecule has 2 heterocycles. The largest absolute Gasteiger partial charge is 0.491 e. The van der Waals surface area contributed by atoms with Crippen LogP contribution in [0.2, 0.25) is 0 Å². The SMILES string of the molecule is Cc1ccc(-c2ccccc2)cc1N.O=C(NC1CCOc2cccnc21)c1ccc(F)cc1. The fraction of sp³-hybridized carbons (Fsp3) is 0.143. The van der Waals surface area contributed by atoms with Crippen LogP contribution in [0.25, 0.3) is 11.1 Å². The molecule has 0 saturated heterocycles. The summed E-state index contributed by atoms with van der Waals surface area (Å²) in [6, 6.07) is 25.3. The fourth-order valence-corrected chi connectivity index (χ4v) is 3.64. The third-order valence-corrected chi connectivity index (χ3v) is 5.59. The van der Waals surface area contributed by atoms with Gasteiger partial charge in [0.05, 0.1) is 12.6 Å². The lowest BCUT2D eigenvalue weighted by Gasteiger charge is -2.25. The van der Waals surface area contributed by atoms with Crippen LogP contribution in [0.1, 0.15) is 34.1 Å². The Morgan fingerprint density at radius 1 is 1.00 bits per heavy atom. The van der Waals surface area contributed by atoms with Crippen LogP contribution in [0.3, 0.4) is 0 Å². The van der Waals surface area contributed by atoms with E-state index in [1.807, 2.05) is 37.3 Å². The van der Waals surface area contributed by atoms with Crippen LogP contribution in [0.15, 0.2) is 91.1 Å². The zero-order valence-electron chi connectivity index (χ0n) is 18.9. The van der Waals surface area contributed by atoms with Crippen LogP contribution < -0.4 is 15.8 Å². The number of anilines is 1. The van der Waals surface area contributed by atoms with E-state index in [-0.39, 0.29) is 17.8 Å². The average Bonchev–Trinajstić information content (AvgIpc) is 2.87. The first kappa shape index (κ1) is 23.0. The number of nitrogen functional groups attached to an aromatic ring is 1. The van der Waals surface area contributed by atoms with Gasteiger partial charge in [0.1, 0.15) is 17.3 Å². The number of hydrogen-bond acceptors (Lipinski definition) is 4. The van der Waals surface area contributed by atoms with E-state index in [9.17, 15) is 9.18 Å². The van der Waals surface area contributed by atoms with Crippen LogP contribution in [-0.4, -0.2) is 17.5 Å². The first-order chi connectivity index (χ1) is 16.5. The van der Waals surface area contributed by atoms with Crippen LogP contribution >= 0.6 is 0 Å². The van der Waals surface area contributed by atoms with E-state index in [1.165, 1.54) is 35.4 Å². The van der Waals surface area contributed by atoms with Crippen molar-refractivity contribution in [3.8, 4) is 16.9 Å². The van der Waals surface area contributed by atoms with Crippen molar-refractivity contribution in [2.45, 2.75) is 19.4 Å². The van der Waals surface area contributed by atoms with Crippen molar-refractivity contribution in [2.24, 2.45) is 0 Å². The second-order valence-corrected chi connectivity index (χ2v) is 7.99. The molecule has 5 nitrogen and oxygen atoms in total. The molecule has 6 heteroatoms. The number of halogens is 1. The quantitative estimate of drug-likeness (QED) is 0.388. The second-order valence-electron chi connectivity index (χ2n) is 7.99. The van der Waals surface area contributed by atoms with Crippen molar-refractivity contribution in [1.29, 1.82) is 0 Å². The summed E-state index contributed by atoms with van der Waals surface area (Å²) in [4.78, 5) is 16.4. The molecule has 4 aromatic rings. The number of nitrogens with one attached hydrogen (secondary N) is 1. The molecule has 1 amide bonds. The predicted octanol–water partition coefficient (Wildman–Crippen LogP) is 5.72. The van der Waals surface area contributed by atoms with Gasteiger partial charge in [-0.25, -0.2) is 4.39 Å². The maximum absolute atomic E-state index is 12.8. The number of rotatable bonds is 3. The number of carbonyl (C=O) groups excluding carboxylic acids is 1. The highest BCUT2D eigenvalue weighted by molar-refractivity contribution is 5.94. The van der Waals surface area contributed by atoms with E-state index in [0.29, 0.717) is 24.3 Å². The van der Waals surface area contributed by atoms with Crippen LogP contribution in [0, 0.1) is 12.7 Å². The summed E-state index contributed by atoms with van der Waals surface area (Å²) in [5, 5.41) is 2.91. The van der Waals surface area contributed by atoms with Crippen molar-refractivity contribution in [1.82, 2.24) is 10.3 Å². The van der Waals surface area contributed by atoms with E-state index < -0.39 is 0 Å². The van der Waals surface area contributed by atoms with Crippen molar-refractivity contribution in [3.05, 3.63) is 114 Å². The minimum atomic E-state index is -0.361. The van der Waals surface area contributed by atoms with Gasteiger partial charge in [0.15, 0.2) is 0 Å². The highest BCUT2D eigenvalue weighted by Gasteiger charge is 2.24. The molecule has 3 N–H and O–H groups in total. The highest BCUT2D eigenvalue weighted by Crippen LogP contribution is 2.29. The Bertz CT molecular complexity index is 1260. The summed E-state index contributed by atoms with van der Waals surface area (Å²) in [7, 11) is 0. The Balaban J connectivity index is 0.000000172. The van der Waals surface area contributed by atoms with Gasteiger partial charge in [0.25, 0.3) is 5.91 Å². The molecule has 5 rings (SSSR count). The van der Waals surface area contributed by atoms with Gasteiger partial charge in [0.2, 0.25) is 0 Å². The minimum Gasteiger partial charge on any atom is -0.491 e. The average molecular weight is 456 g/mol. The molecular formula is C28H26FN3O2. The Hall–Kier alpha value is -4.19. The summed E-state index contributed by atoms with van der Waals surface area (Å²) < 4.78 is 18.3. The molecule has 1 aliphatic rings. The first-order valence-corrected chi connectivity index (χ1v) is 11.1. The van der Waals surface area contributed by atoms with Gasteiger partial charge in [-0.15, -0.1) is 0 Å².